The Morgan fingerprint density at radius 1 is 1.20 bits per heavy atom. The van der Waals surface area contributed by atoms with E-state index in [2.05, 4.69) is 15.2 Å². The lowest BCUT2D eigenvalue weighted by Gasteiger charge is -2.27. The van der Waals surface area contributed by atoms with Crippen LogP contribution in [0.3, 0.4) is 0 Å². The summed E-state index contributed by atoms with van der Waals surface area (Å²) in [5, 5.41) is 18.8. The zero-order valence-electron chi connectivity index (χ0n) is 12.9. The van der Waals surface area contributed by atoms with Crippen LogP contribution in [-0.4, -0.2) is 42.2 Å². The number of pyridine rings is 1. The van der Waals surface area contributed by atoms with E-state index in [0.29, 0.717) is 5.39 Å². The molecule has 1 aliphatic heterocycles. The van der Waals surface area contributed by atoms with Gasteiger partial charge >= 0.3 is 0 Å². The standard InChI is InChI=1S/C16H13F2N5O2/c17-14(18)15-21-20-11-8-22(5-6-23(11)15)16(25)12-13(24)10-4-2-1-3-9(10)7-19-12/h1-4,7,14,24H,5-6,8H2. The quantitative estimate of drug-likeness (QED) is 0.769. The molecule has 9 heteroatoms. The van der Waals surface area contributed by atoms with Crippen LogP contribution in [0.15, 0.2) is 30.5 Å². The van der Waals surface area contributed by atoms with Gasteiger partial charge in [-0.15, -0.1) is 10.2 Å². The van der Waals surface area contributed by atoms with Gasteiger partial charge in [0, 0.05) is 30.1 Å². The van der Waals surface area contributed by atoms with Crippen LogP contribution in [0.5, 0.6) is 5.75 Å². The van der Waals surface area contributed by atoms with E-state index in [0.717, 1.165) is 5.39 Å². The van der Waals surface area contributed by atoms with Gasteiger partial charge in [0.15, 0.2) is 23.1 Å². The number of hydrogen-bond donors (Lipinski definition) is 1. The molecule has 0 bridgehead atoms. The zero-order valence-corrected chi connectivity index (χ0v) is 12.9. The molecular formula is C16H13F2N5O2. The van der Waals surface area contributed by atoms with Crippen LogP contribution in [0.2, 0.25) is 0 Å². The summed E-state index contributed by atoms with van der Waals surface area (Å²) >= 11 is 0. The number of aromatic hydroxyl groups is 1. The predicted octanol–water partition coefficient (Wildman–Crippen LogP) is 2.13. The number of fused-ring (bicyclic) bond motifs is 2. The number of nitrogens with zero attached hydrogens (tertiary/aromatic N) is 5. The average Bonchev–Trinajstić information content (AvgIpc) is 3.05. The smallest absolute Gasteiger partial charge is 0.297 e. The summed E-state index contributed by atoms with van der Waals surface area (Å²) in [6, 6.07) is 7.05. The number of amides is 1. The third-order valence-electron chi connectivity index (χ3n) is 4.24. The molecule has 0 atom stereocenters. The molecular weight excluding hydrogens is 332 g/mol. The van der Waals surface area contributed by atoms with Crippen molar-refractivity contribution in [2.45, 2.75) is 19.5 Å². The first-order valence-electron chi connectivity index (χ1n) is 7.62. The molecule has 0 unspecified atom stereocenters. The van der Waals surface area contributed by atoms with Crippen molar-refractivity contribution in [2.24, 2.45) is 0 Å². The molecule has 2 aromatic heterocycles. The van der Waals surface area contributed by atoms with Gasteiger partial charge in [-0.2, -0.15) is 0 Å². The lowest BCUT2D eigenvalue weighted by molar-refractivity contribution is 0.0690. The highest BCUT2D eigenvalue weighted by Gasteiger charge is 2.29. The van der Waals surface area contributed by atoms with Gasteiger partial charge in [0.1, 0.15) is 0 Å². The van der Waals surface area contributed by atoms with Crippen molar-refractivity contribution in [1.82, 2.24) is 24.6 Å². The Morgan fingerprint density at radius 3 is 2.80 bits per heavy atom. The molecule has 1 aliphatic rings. The van der Waals surface area contributed by atoms with Crippen molar-refractivity contribution in [3.05, 3.63) is 47.8 Å². The van der Waals surface area contributed by atoms with Gasteiger partial charge in [0.25, 0.3) is 12.3 Å². The molecule has 0 aliphatic carbocycles. The fourth-order valence-corrected chi connectivity index (χ4v) is 2.97. The molecule has 1 aromatic carbocycles. The molecule has 3 aromatic rings. The first-order valence-corrected chi connectivity index (χ1v) is 7.62. The Labute approximate surface area is 140 Å². The number of hydrogen-bond acceptors (Lipinski definition) is 5. The maximum absolute atomic E-state index is 12.9. The first-order chi connectivity index (χ1) is 12.1. The van der Waals surface area contributed by atoms with E-state index in [-0.39, 0.29) is 36.9 Å². The second-order valence-electron chi connectivity index (χ2n) is 5.70. The Hall–Kier alpha value is -3.10. The van der Waals surface area contributed by atoms with E-state index in [9.17, 15) is 18.7 Å². The van der Waals surface area contributed by atoms with Crippen LogP contribution >= 0.6 is 0 Å². The highest BCUT2D eigenvalue weighted by molar-refractivity contribution is 6.01. The summed E-state index contributed by atoms with van der Waals surface area (Å²) in [5.41, 5.74) is -0.0688. The van der Waals surface area contributed by atoms with Crippen LogP contribution in [0.25, 0.3) is 10.8 Å². The molecule has 0 saturated carbocycles. The van der Waals surface area contributed by atoms with Crippen molar-refractivity contribution >= 4 is 16.7 Å². The zero-order chi connectivity index (χ0) is 17.6. The Kier molecular flexibility index (Phi) is 3.56. The summed E-state index contributed by atoms with van der Waals surface area (Å²) in [6.45, 7) is 0.409. The van der Waals surface area contributed by atoms with Crippen molar-refractivity contribution in [1.29, 1.82) is 0 Å². The Bertz CT molecular complexity index is 972. The van der Waals surface area contributed by atoms with Crippen LogP contribution in [0.4, 0.5) is 8.78 Å². The van der Waals surface area contributed by atoms with E-state index < -0.39 is 18.2 Å². The fraction of sp³-hybridized carbons (Fsp3) is 0.250. The van der Waals surface area contributed by atoms with Crippen molar-refractivity contribution in [3.8, 4) is 5.75 Å². The molecule has 7 nitrogen and oxygen atoms in total. The van der Waals surface area contributed by atoms with Gasteiger partial charge in [0.2, 0.25) is 0 Å². The second-order valence-corrected chi connectivity index (χ2v) is 5.70. The van der Waals surface area contributed by atoms with Crippen molar-refractivity contribution < 1.29 is 18.7 Å². The van der Waals surface area contributed by atoms with E-state index in [1.54, 1.807) is 18.2 Å². The topological polar surface area (TPSA) is 84.1 Å². The number of carbonyl (C=O) groups excluding carboxylic acids is 1. The predicted molar refractivity (Wildman–Crippen MR) is 83.1 cm³/mol. The third kappa shape index (κ3) is 2.48. The highest BCUT2D eigenvalue weighted by atomic mass is 19.3. The van der Waals surface area contributed by atoms with Gasteiger partial charge in [-0.1, -0.05) is 24.3 Å². The average molecular weight is 345 g/mol. The number of carbonyl (C=O) groups is 1. The minimum absolute atomic E-state index is 0.0342. The molecule has 4 rings (SSSR count). The second kappa shape index (κ2) is 5.76. The number of benzene rings is 1. The molecule has 1 N–H and O–H groups in total. The minimum Gasteiger partial charge on any atom is -0.505 e. The molecule has 0 fully saturated rings. The largest absolute Gasteiger partial charge is 0.505 e. The summed E-state index contributed by atoms with van der Waals surface area (Å²) in [4.78, 5) is 18.2. The van der Waals surface area contributed by atoms with Crippen LogP contribution in [0, 0.1) is 0 Å². The Morgan fingerprint density at radius 2 is 2.00 bits per heavy atom. The SMILES string of the molecule is O=C(c1ncc2ccccc2c1O)N1CCn2c(nnc2C(F)F)C1. The van der Waals surface area contributed by atoms with Gasteiger partial charge in [-0.05, 0) is 0 Å². The monoisotopic (exact) mass is 345 g/mol. The normalized spacial score (nSPS) is 14.1. The molecule has 25 heavy (non-hydrogen) atoms. The van der Waals surface area contributed by atoms with Gasteiger partial charge in [0.05, 0.1) is 6.54 Å². The third-order valence-corrected chi connectivity index (χ3v) is 4.24. The van der Waals surface area contributed by atoms with E-state index in [1.807, 2.05) is 6.07 Å². The molecule has 128 valence electrons. The van der Waals surface area contributed by atoms with E-state index >= 15 is 0 Å². The Balaban J connectivity index is 1.65. The maximum Gasteiger partial charge on any atom is 0.297 e. The van der Waals surface area contributed by atoms with Crippen LogP contribution in [-0.2, 0) is 13.1 Å². The van der Waals surface area contributed by atoms with Crippen molar-refractivity contribution in [2.75, 3.05) is 6.54 Å². The van der Waals surface area contributed by atoms with Gasteiger partial charge in [-0.3, -0.25) is 4.79 Å². The summed E-state index contributed by atoms with van der Waals surface area (Å²) in [6.07, 6.45) is -1.20. The summed E-state index contributed by atoms with van der Waals surface area (Å²) in [5.74, 6) is -0.775. The molecule has 0 spiro atoms. The molecule has 1 amide bonds. The first kappa shape index (κ1) is 15.4. The number of alkyl halides is 2. The van der Waals surface area contributed by atoms with Crippen LogP contribution in [0.1, 0.15) is 28.6 Å². The maximum atomic E-state index is 12.9. The number of rotatable bonds is 2. The van der Waals surface area contributed by atoms with E-state index in [4.69, 9.17) is 0 Å². The number of halogens is 2. The summed E-state index contributed by atoms with van der Waals surface area (Å²) in [7, 11) is 0. The van der Waals surface area contributed by atoms with E-state index in [1.165, 1.54) is 15.7 Å². The number of aromatic nitrogens is 4. The minimum atomic E-state index is -2.71. The lowest BCUT2D eigenvalue weighted by atomic mass is 10.1. The van der Waals surface area contributed by atoms with Gasteiger partial charge in [-0.25, -0.2) is 13.8 Å². The van der Waals surface area contributed by atoms with Gasteiger partial charge < -0.3 is 14.6 Å². The van der Waals surface area contributed by atoms with Crippen LogP contribution < -0.4 is 0 Å². The highest BCUT2D eigenvalue weighted by Crippen LogP contribution is 2.28. The fourth-order valence-electron chi connectivity index (χ4n) is 2.97. The lowest BCUT2D eigenvalue weighted by Crippen LogP contribution is -2.39. The van der Waals surface area contributed by atoms with Crippen molar-refractivity contribution in [3.63, 3.8) is 0 Å². The summed E-state index contributed by atoms with van der Waals surface area (Å²) < 4.78 is 27.0. The molecule has 0 radical (unpaired) electrons. The molecule has 0 saturated heterocycles. The molecule has 3 heterocycles.